The van der Waals surface area contributed by atoms with Gasteiger partial charge in [0.15, 0.2) is 0 Å². The number of nitrogens with two attached hydrogens (primary N) is 1. The van der Waals surface area contributed by atoms with Crippen molar-refractivity contribution in [3.8, 4) is 0 Å². The second-order valence-corrected chi connectivity index (χ2v) is 5.94. The van der Waals surface area contributed by atoms with E-state index in [0.29, 0.717) is 11.8 Å². The van der Waals surface area contributed by atoms with Crippen molar-refractivity contribution < 1.29 is 0 Å². The minimum Gasteiger partial charge on any atom is -0.325 e. The Morgan fingerprint density at radius 2 is 2.29 bits per heavy atom. The molecule has 0 amide bonds. The second-order valence-electron chi connectivity index (χ2n) is 5.54. The van der Waals surface area contributed by atoms with E-state index in [1.54, 1.807) is 12.4 Å². The van der Waals surface area contributed by atoms with Crippen LogP contribution in [0.25, 0.3) is 0 Å². The lowest BCUT2D eigenvalue weighted by Gasteiger charge is -2.43. The Balaban J connectivity index is 2.19. The van der Waals surface area contributed by atoms with Crippen molar-refractivity contribution in [2.75, 3.05) is 0 Å². The summed E-state index contributed by atoms with van der Waals surface area (Å²) in [6.45, 7) is 4.58. The summed E-state index contributed by atoms with van der Waals surface area (Å²) in [5.74, 6) is 1.25. The van der Waals surface area contributed by atoms with Crippen LogP contribution >= 0.6 is 11.6 Å². The van der Waals surface area contributed by atoms with Gasteiger partial charge >= 0.3 is 0 Å². The molecule has 3 unspecified atom stereocenters. The Kier molecular flexibility index (Phi) is 3.74. The molecule has 1 saturated carbocycles. The van der Waals surface area contributed by atoms with Gasteiger partial charge in [0.2, 0.25) is 0 Å². The van der Waals surface area contributed by atoms with Crippen LogP contribution in [0, 0.1) is 11.8 Å². The monoisotopic (exact) mass is 252 g/mol. The minimum absolute atomic E-state index is 0.108. The van der Waals surface area contributed by atoms with Crippen molar-refractivity contribution in [1.29, 1.82) is 0 Å². The SMILES string of the molecule is CC1CCCC(N)(Cc2ccncc2Cl)C1C. The van der Waals surface area contributed by atoms with E-state index in [1.807, 2.05) is 6.07 Å². The number of aromatic nitrogens is 1. The zero-order valence-electron chi connectivity index (χ0n) is 10.6. The first kappa shape index (κ1) is 12.8. The van der Waals surface area contributed by atoms with Gasteiger partial charge in [0.25, 0.3) is 0 Å². The third-order valence-corrected chi connectivity index (χ3v) is 4.78. The van der Waals surface area contributed by atoms with Gasteiger partial charge in [-0.05, 0) is 36.3 Å². The maximum absolute atomic E-state index is 6.61. The first-order valence-corrected chi connectivity index (χ1v) is 6.78. The minimum atomic E-state index is -0.108. The molecule has 1 aliphatic carbocycles. The van der Waals surface area contributed by atoms with Gasteiger partial charge in [0.05, 0.1) is 5.02 Å². The molecule has 1 aromatic heterocycles. The lowest BCUT2D eigenvalue weighted by molar-refractivity contribution is 0.143. The van der Waals surface area contributed by atoms with Crippen molar-refractivity contribution in [2.24, 2.45) is 17.6 Å². The van der Waals surface area contributed by atoms with E-state index < -0.39 is 0 Å². The van der Waals surface area contributed by atoms with Crippen molar-refractivity contribution in [3.63, 3.8) is 0 Å². The maximum Gasteiger partial charge on any atom is 0.0621 e. The molecule has 1 aromatic rings. The Hall–Kier alpha value is -0.600. The van der Waals surface area contributed by atoms with Crippen molar-refractivity contribution in [2.45, 2.75) is 45.1 Å². The molecule has 1 fully saturated rings. The Bertz CT molecular complexity index is 394. The number of hydrogen-bond donors (Lipinski definition) is 1. The second kappa shape index (κ2) is 4.95. The molecule has 2 rings (SSSR count). The lowest BCUT2D eigenvalue weighted by Crippen LogP contribution is -2.52. The highest BCUT2D eigenvalue weighted by Gasteiger charge is 2.38. The smallest absolute Gasteiger partial charge is 0.0621 e. The lowest BCUT2D eigenvalue weighted by atomic mass is 9.66. The standard InChI is InChI=1S/C14H21ClN2/c1-10-4-3-6-14(16,11(10)2)8-12-5-7-17-9-13(12)15/h5,7,9-11H,3-4,6,8,16H2,1-2H3. The summed E-state index contributed by atoms with van der Waals surface area (Å²) in [7, 11) is 0. The molecule has 0 radical (unpaired) electrons. The average molecular weight is 253 g/mol. The van der Waals surface area contributed by atoms with Crippen molar-refractivity contribution >= 4 is 11.6 Å². The number of pyridine rings is 1. The van der Waals surface area contributed by atoms with Gasteiger partial charge in [-0.2, -0.15) is 0 Å². The molecule has 1 heterocycles. The molecule has 17 heavy (non-hydrogen) atoms. The summed E-state index contributed by atoms with van der Waals surface area (Å²) in [5, 5.41) is 0.739. The molecular formula is C14H21ClN2. The van der Waals surface area contributed by atoms with Crippen LogP contribution in [-0.4, -0.2) is 10.5 Å². The Morgan fingerprint density at radius 1 is 1.53 bits per heavy atom. The number of nitrogens with zero attached hydrogens (tertiary/aromatic N) is 1. The van der Waals surface area contributed by atoms with Crippen LogP contribution in [0.5, 0.6) is 0 Å². The van der Waals surface area contributed by atoms with Gasteiger partial charge in [0.1, 0.15) is 0 Å². The van der Waals surface area contributed by atoms with Gasteiger partial charge in [-0.3, -0.25) is 4.98 Å². The van der Waals surface area contributed by atoms with Gasteiger partial charge in [-0.25, -0.2) is 0 Å². The highest BCUT2D eigenvalue weighted by Crippen LogP contribution is 2.38. The maximum atomic E-state index is 6.61. The molecule has 0 bridgehead atoms. The topological polar surface area (TPSA) is 38.9 Å². The molecule has 2 N–H and O–H groups in total. The molecule has 3 heteroatoms. The van der Waals surface area contributed by atoms with Crippen molar-refractivity contribution in [1.82, 2.24) is 4.98 Å². The summed E-state index contributed by atoms with van der Waals surface area (Å²) in [6.07, 6.45) is 7.98. The summed E-state index contributed by atoms with van der Waals surface area (Å²) >= 11 is 6.17. The highest BCUT2D eigenvalue weighted by atomic mass is 35.5. The highest BCUT2D eigenvalue weighted by molar-refractivity contribution is 6.31. The summed E-state index contributed by atoms with van der Waals surface area (Å²) in [4.78, 5) is 4.02. The zero-order chi connectivity index (χ0) is 12.5. The predicted octanol–water partition coefficient (Wildman–Crippen LogP) is 3.43. The molecular weight excluding hydrogens is 232 g/mol. The number of hydrogen-bond acceptors (Lipinski definition) is 2. The predicted molar refractivity (Wildman–Crippen MR) is 72.0 cm³/mol. The fourth-order valence-electron chi connectivity index (χ4n) is 2.95. The van der Waals surface area contributed by atoms with Crippen LogP contribution in [0.3, 0.4) is 0 Å². The van der Waals surface area contributed by atoms with E-state index in [9.17, 15) is 0 Å². The molecule has 0 aromatic carbocycles. The number of rotatable bonds is 2. The third-order valence-electron chi connectivity index (χ3n) is 4.44. The molecule has 1 aliphatic rings. The fraction of sp³-hybridized carbons (Fsp3) is 0.643. The normalized spacial score (nSPS) is 33.6. The van der Waals surface area contributed by atoms with Gasteiger partial charge in [0, 0.05) is 17.9 Å². The number of halogens is 1. The molecule has 0 aliphatic heterocycles. The van der Waals surface area contributed by atoms with Crippen LogP contribution in [-0.2, 0) is 6.42 Å². The average Bonchev–Trinajstić information content (AvgIpc) is 2.29. The summed E-state index contributed by atoms with van der Waals surface area (Å²) in [6, 6.07) is 1.99. The molecule has 0 spiro atoms. The molecule has 3 atom stereocenters. The quantitative estimate of drug-likeness (QED) is 0.876. The molecule has 94 valence electrons. The van der Waals surface area contributed by atoms with Crippen LogP contribution < -0.4 is 5.73 Å². The van der Waals surface area contributed by atoms with E-state index in [-0.39, 0.29) is 5.54 Å². The van der Waals surface area contributed by atoms with Gasteiger partial charge in [-0.1, -0.05) is 38.3 Å². The van der Waals surface area contributed by atoms with Crippen LogP contribution in [0.15, 0.2) is 18.5 Å². The summed E-state index contributed by atoms with van der Waals surface area (Å²) in [5.41, 5.74) is 7.64. The Labute approximate surface area is 109 Å². The van der Waals surface area contributed by atoms with Crippen LogP contribution in [0.1, 0.15) is 38.7 Å². The summed E-state index contributed by atoms with van der Waals surface area (Å²) < 4.78 is 0. The van der Waals surface area contributed by atoms with E-state index in [4.69, 9.17) is 17.3 Å². The Morgan fingerprint density at radius 3 is 3.00 bits per heavy atom. The van der Waals surface area contributed by atoms with Crippen LogP contribution in [0.4, 0.5) is 0 Å². The van der Waals surface area contributed by atoms with E-state index >= 15 is 0 Å². The first-order chi connectivity index (χ1) is 8.03. The van der Waals surface area contributed by atoms with E-state index in [2.05, 4.69) is 18.8 Å². The van der Waals surface area contributed by atoms with E-state index in [0.717, 1.165) is 23.4 Å². The largest absolute Gasteiger partial charge is 0.325 e. The van der Waals surface area contributed by atoms with Crippen LogP contribution in [0.2, 0.25) is 5.02 Å². The fourth-order valence-corrected chi connectivity index (χ4v) is 3.13. The van der Waals surface area contributed by atoms with Gasteiger partial charge in [-0.15, -0.1) is 0 Å². The molecule has 2 nitrogen and oxygen atoms in total. The molecule has 0 saturated heterocycles. The first-order valence-electron chi connectivity index (χ1n) is 6.40. The van der Waals surface area contributed by atoms with E-state index in [1.165, 1.54) is 12.8 Å². The van der Waals surface area contributed by atoms with Crippen molar-refractivity contribution in [3.05, 3.63) is 29.0 Å². The zero-order valence-corrected chi connectivity index (χ0v) is 11.4. The van der Waals surface area contributed by atoms with Gasteiger partial charge < -0.3 is 5.73 Å². The third kappa shape index (κ3) is 2.63.